The summed E-state index contributed by atoms with van der Waals surface area (Å²) in [6.45, 7) is 8.08. The summed E-state index contributed by atoms with van der Waals surface area (Å²) in [6.07, 6.45) is 9.35. The molecule has 0 amide bonds. The zero-order valence-corrected chi connectivity index (χ0v) is 17.3. The summed E-state index contributed by atoms with van der Waals surface area (Å²) in [5.74, 6) is 1.91. The fourth-order valence-corrected chi connectivity index (χ4v) is 5.95. The first-order chi connectivity index (χ1) is 12.8. The van der Waals surface area contributed by atoms with Gasteiger partial charge < -0.3 is 4.90 Å². The molecule has 3 aliphatic rings. The zero-order chi connectivity index (χ0) is 19.2. The molecule has 1 saturated heterocycles. The van der Waals surface area contributed by atoms with Gasteiger partial charge in [-0.25, -0.2) is 8.42 Å². The van der Waals surface area contributed by atoms with Gasteiger partial charge in [0.05, 0.1) is 6.26 Å². The number of fused-ring (bicyclic) bond motifs is 1. The summed E-state index contributed by atoms with van der Waals surface area (Å²) < 4.78 is 25.8. The maximum atomic E-state index is 11.5. The molecule has 1 N–H and O–H groups in total. The number of rotatable bonds is 6. The molecule has 0 bridgehead atoms. The largest absolute Gasteiger partial charge is 0.302 e. The maximum absolute atomic E-state index is 11.5. The van der Waals surface area contributed by atoms with E-state index in [0.717, 1.165) is 36.9 Å². The summed E-state index contributed by atoms with van der Waals surface area (Å²) in [6, 6.07) is 8.67. The fourth-order valence-electron chi connectivity index (χ4n) is 5.32. The Morgan fingerprint density at radius 3 is 2.59 bits per heavy atom. The van der Waals surface area contributed by atoms with Crippen molar-refractivity contribution in [3.63, 3.8) is 0 Å². The molecule has 146 valence electrons. The van der Waals surface area contributed by atoms with Gasteiger partial charge in [-0.05, 0) is 60.1 Å². The second-order valence-corrected chi connectivity index (χ2v) is 10.5. The van der Waals surface area contributed by atoms with Crippen LogP contribution in [-0.4, -0.2) is 39.2 Å². The molecule has 0 aromatic heterocycles. The summed E-state index contributed by atoms with van der Waals surface area (Å²) in [5, 5.41) is 0. The molecular formula is C22H30N2O2S. The van der Waals surface area contributed by atoms with E-state index in [-0.39, 0.29) is 0 Å². The zero-order valence-electron chi connectivity index (χ0n) is 16.5. The lowest BCUT2D eigenvalue weighted by Crippen LogP contribution is -2.33. The lowest BCUT2D eigenvalue weighted by Gasteiger charge is -2.31. The van der Waals surface area contributed by atoms with E-state index in [9.17, 15) is 8.42 Å². The van der Waals surface area contributed by atoms with Crippen molar-refractivity contribution in [1.29, 1.82) is 0 Å². The van der Waals surface area contributed by atoms with E-state index in [2.05, 4.69) is 53.8 Å². The summed E-state index contributed by atoms with van der Waals surface area (Å²) in [4.78, 5) is 2.61. The normalized spacial score (nSPS) is 32.9. The predicted molar refractivity (Wildman–Crippen MR) is 110 cm³/mol. The standard InChI is InChI=1S/C22H30N2O2S/c1-16-7-4-5-8-17(16)11-12-24-14-20-21(15-24)22(20,2)18-9-6-10-19(13-18)23-27(3,25)26/h4-10,18,20-21,23H,11-15H2,1-3H3. The van der Waals surface area contributed by atoms with Gasteiger partial charge >= 0.3 is 0 Å². The topological polar surface area (TPSA) is 49.4 Å². The molecule has 2 fully saturated rings. The van der Waals surface area contributed by atoms with E-state index in [1.54, 1.807) is 0 Å². The number of hydrogen-bond acceptors (Lipinski definition) is 3. The van der Waals surface area contributed by atoms with Crippen LogP contribution in [0.2, 0.25) is 0 Å². The van der Waals surface area contributed by atoms with Gasteiger partial charge in [0.2, 0.25) is 10.0 Å². The van der Waals surface area contributed by atoms with Crippen LogP contribution in [0.3, 0.4) is 0 Å². The molecule has 1 aromatic carbocycles. The Morgan fingerprint density at radius 1 is 1.22 bits per heavy atom. The Balaban J connectivity index is 1.32. The smallest absolute Gasteiger partial charge is 0.229 e. The molecule has 4 nitrogen and oxygen atoms in total. The molecule has 0 radical (unpaired) electrons. The summed E-state index contributed by atoms with van der Waals surface area (Å²) in [5.41, 5.74) is 3.98. The van der Waals surface area contributed by atoms with E-state index >= 15 is 0 Å². The minimum atomic E-state index is -3.20. The van der Waals surface area contributed by atoms with Gasteiger partial charge in [-0.1, -0.05) is 43.3 Å². The van der Waals surface area contributed by atoms with Crippen molar-refractivity contribution in [2.75, 3.05) is 25.9 Å². The van der Waals surface area contributed by atoms with E-state index in [0.29, 0.717) is 11.3 Å². The fraction of sp³-hybridized carbons (Fsp3) is 0.545. The Hall–Kier alpha value is -1.59. The minimum absolute atomic E-state index is 0.314. The van der Waals surface area contributed by atoms with Crippen LogP contribution in [-0.2, 0) is 16.4 Å². The summed E-state index contributed by atoms with van der Waals surface area (Å²) >= 11 is 0. The minimum Gasteiger partial charge on any atom is -0.302 e. The van der Waals surface area contributed by atoms with Crippen LogP contribution >= 0.6 is 0 Å². The first-order valence-electron chi connectivity index (χ1n) is 9.89. The van der Waals surface area contributed by atoms with Crippen LogP contribution in [0, 0.1) is 30.1 Å². The van der Waals surface area contributed by atoms with Crippen molar-refractivity contribution >= 4 is 10.0 Å². The molecule has 1 aliphatic heterocycles. The van der Waals surface area contributed by atoms with Crippen LogP contribution in [0.15, 0.2) is 48.2 Å². The number of likely N-dealkylation sites (tertiary alicyclic amines) is 1. The Kier molecular flexibility index (Phi) is 4.71. The van der Waals surface area contributed by atoms with E-state index in [4.69, 9.17) is 0 Å². The van der Waals surface area contributed by atoms with Crippen LogP contribution in [0.4, 0.5) is 0 Å². The molecule has 1 saturated carbocycles. The molecule has 3 unspecified atom stereocenters. The summed E-state index contributed by atoms with van der Waals surface area (Å²) in [7, 11) is -3.20. The third kappa shape index (κ3) is 3.72. The van der Waals surface area contributed by atoms with Crippen molar-refractivity contribution in [2.45, 2.75) is 26.7 Å². The van der Waals surface area contributed by atoms with Crippen molar-refractivity contribution in [3.05, 3.63) is 59.3 Å². The van der Waals surface area contributed by atoms with Gasteiger partial charge in [0.25, 0.3) is 0 Å². The second kappa shape index (κ2) is 6.78. The third-order valence-electron chi connectivity index (χ3n) is 7.04. The highest BCUT2D eigenvalue weighted by molar-refractivity contribution is 7.88. The van der Waals surface area contributed by atoms with E-state index < -0.39 is 10.0 Å². The number of nitrogens with one attached hydrogen (secondary N) is 1. The highest BCUT2D eigenvalue weighted by Crippen LogP contribution is 2.67. The van der Waals surface area contributed by atoms with E-state index in [1.807, 2.05) is 12.2 Å². The number of aryl methyl sites for hydroxylation is 1. The average Bonchev–Trinajstić information content (AvgIpc) is 2.96. The number of nitrogens with zero attached hydrogens (tertiary/aromatic N) is 1. The molecule has 4 rings (SSSR count). The molecule has 27 heavy (non-hydrogen) atoms. The maximum Gasteiger partial charge on any atom is 0.229 e. The lowest BCUT2D eigenvalue weighted by atomic mass is 9.80. The first kappa shape index (κ1) is 18.8. The number of piperidine rings is 1. The van der Waals surface area contributed by atoms with E-state index in [1.165, 1.54) is 30.5 Å². The molecule has 1 heterocycles. The third-order valence-corrected chi connectivity index (χ3v) is 7.67. The quantitative estimate of drug-likeness (QED) is 0.817. The van der Waals surface area contributed by atoms with Crippen molar-refractivity contribution in [2.24, 2.45) is 23.2 Å². The highest BCUT2D eigenvalue weighted by atomic mass is 32.2. The van der Waals surface area contributed by atoms with Crippen LogP contribution < -0.4 is 4.72 Å². The predicted octanol–water partition coefficient (Wildman–Crippen LogP) is 3.11. The van der Waals surface area contributed by atoms with Crippen molar-refractivity contribution < 1.29 is 8.42 Å². The van der Waals surface area contributed by atoms with Crippen molar-refractivity contribution in [3.8, 4) is 0 Å². The van der Waals surface area contributed by atoms with Crippen LogP contribution in [0.5, 0.6) is 0 Å². The number of benzene rings is 1. The van der Waals surface area contributed by atoms with Crippen LogP contribution in [0.25, 0.3) is 0 Å². The van der Waals surface area contributed by atoms with Gasteiger partial charge in [-0.15, -0.1) is 0 Å². The van der Waals surface area contributed by atoms with Crippen LogP contribution in [0.1, 0.15) is 24.5 Å². The second-order valence-electron chi connectivity index (χ2n) is 8.78. The Bertz CT molecular complexity index is 875. The molecule has 2 aliphatic carbocycles. The molecular weight excluding hydrogens is 356 g/mol. The SMILES string of the molecule is Cc1ccccc1CCN1CC2C(C1)C2(C)C1C=CC=C(NS(C)(=O)=O)C1. The Morgan fingerprint density at radius 2 is 1.93 bits per heavy atom. The van der Waals surface area contributed by atoms with Gasteiger partial charge in [-0.3, -0.25) is 4.72 Å². The number of sulfonamides is 1. The molecule has 0 spiro atoms. The average molecular weight is 387 g/mol. The number of hydrogen-bond donors (Lipinski definition) is 1. The van der Waals surface area contributed by atoms with Crippen molar-refractivity contribution in [1.82, 2.24) is 9.62 Å². The lowest BCUT2D eigenvalue weighted by molar-refractivity contribution is 0.216. The monoisotopic (exact) mass is 386 g/mol. The van der Waals surface area contributed by atoms with Gasteiger partial charge in [-0.2, -0.15) is 0 Å². The molecule has 1 aromatic rings. The molecule has 5 heteroatoms. The van der Waals surface area contributed by atoms with Gasteiger partial charge in [0.15, 0.2) is 0 Å². The molecule has 3 atom stereocenters. The van der Waals surface area contributed by atoms with Gasteiger partial charge in [0, 0.05) is 25.3 Å². The Labute approximate surface area is 163 Å². The van der Waals surface area contributed by atoms with Gasteiger partial charge in [0.1, 0.15) is 0 Å². The number of allylic oxidation sites excluding steroid dienone is 4. The first-order valence-corrected chi connectivity index (χ1v) is 11.8. The highest BCUT2D eigenvalue weighted by Gasteiger charge is 2.67.